The Bertz CT molecular complexity index is 842. The quantitative estimate of drug-likeness (QED) is 0.338. The molecule has 0 fully saturated rings. The SMILES string of the molecule is C[C@H](C(=O)OCc1ccccc1)[C@@H](C)OP(=O)(OCc1ccccc1)O[P+](C)=O. The molecule has 0 radical (unpaired) electrons. The van der Waals surface area contributed by atoms with Gasteiger partial charge in [0.25, 0.3) is 0 Å². The molecular weight excluding hydrogens is 414 g/mol. The second kappa shape index (κ2) is 11.3. The minimum Gasteiger partial charge on any atom is -0.461 e. The van der Waals surface area contributed by atoms with Gasteiger partial charge in [0.05, 0.1) is 18.6 Å². The zero-order chi connectivity index (χ0) is 21.3. The van der Waals surface area contributed by atoms with Crippen molar-refractivity contribution in [3.8, 4) is 0 Å². The van der Waals surface area contributed by atoms with Gasteiger partial charge in [0.15, 0.2) is 6.66 Å². The molecule has 4 atom stereocenters. The van der Waals surface area contributed by atoms with Crippen LogP contribution in [0.3, 0.4) is 0 Å². The van der Waals surface area contributed by atoms with Crippen molar-refractivity contribution in [3.63, 3.8) is 0 Å². The van der Waals surface area contributed by atoms with Crippen molar-refractivity contribution >= 4 is 21.8 Å². The fourth-order valence-electron chi connectivity index (χ4n) is 2.29. The van der Waals surface area contributed by atoms with Crippen LogP contribution in [-0.2, 0) is 45.2 Å². The summed E-state index contributed by atoms with van der Waals surface area (Å²) in [4.78, 5) is 12.3. The molecule has 7 nitrogen and oxygen atoms in total. The zero-order valence-corrected chi connectivity index (χ0v) is 18.4. The highest BCUT2D eigenvalue weighted by molar-refractivity contribution is 7.58. The topological polar surface area (TPSA) is 88.1 Å². The van der Waals surface area contributed by atoms with Gasteiger partial charge in [0.1, 0.15) is 6.61 Å². The zero-order valence-electron chi connectivity index (χ0n) is 16.6. The minimum atomic E-state index is -4.16. The Kier molecular flexibility index (Phi) is 9.15. The summed E-state index contributed by atoms with van der Waals surface area (Å²) in [5, 5.41) is 0. The Morgan fingerprint density at radius 3 is 2.00 bits per heavy atom. The lowest BCUT2D eigenvalue weighted by Gasteiger charge is -2.22. The minimum absolute atomic E-state index is 0.0547. The molecule has 0 bridgehead atoms. The standard InChI is InChI=1S/C20H25O7P2/c1-16(20(21)24-14-18-10-6-4-7-11-18)17(2)26-29(23,27-28(3)22)25-15-19-12-8-5-9-13-19/h4-13,16-17H,14-15H2,1-3H3/q+1/t16-,17+,29?/m0/s1. The molecule has 0 aliphatic carbocycles. The van der Waals surface area contributed by atoms with Crippen LogP contribution in [-0.4, -0.2) is 18.7 Å². The second-order valence-electron chi connectivity index (χ2n) is 6.42. The van der Waals surface area contributed by atoms with Crippen LogP contribution in [0.2, 0.25) is 0 Å². The van der Waals surface area contributed by atoms with Crippen molar-refractivity contribution in [1.82, 2.24) is 0 Å². The van der Waals surface area contributed by atoms with Crippen molar-refractivity contribution in [2.45, 2.75) is 33.2 Å². The average molecular weight is 439 g/mol. The van der Waals surface area contributed by atoms with E-state index < -0.39 is 33.8 Å². The molecule has 0 heterocycles. The summed E-state index contributed by atoms with van der Waals surface area (Å²) < 4.78 is 45.4. The van der Waals surface area contributed by atoms with Gasteiger partial charge in [-0.2, -0.15) is 0 Å². The first-order valence-corrected chi connectivity index (χ1v) is 12.2. The predicted molar refractivity (Wildman–Crippen MR) is 109 cm³/mol. The van der Waals surface area contributed by atoms with E-state index >= 15 is 0 Å². The fraction of sp³-hybridized carbons (Fsp3) is 0.350. The molecule has 0 saturated carbocycles. The molecular formula is C20H25O7P2+. The Morgan fingerprint density at radius 2 is 1.48 bits per heavy atom. The maximum atomic E-state index is 12.9. The van der Waals surface area contributed by atoms with E-state index in [1.54, 1.807) is 38.1 Å². The first-order chi connectivity index (χ1) is 13.8. The van der Waals surface area contributed by atoms with Crippen LogP contribution >= 0.6 is 15.9 Å². The Balaban J connectivity index is 1.96. The van der Waals surface area contributed by atoms with Crippen molar-refractivity contribution in [2.24, 2.45) is 5.92 Å². The van der Waals surface area contributed by atoms with Crippen LogP contribution in [0.1, 0.15) is 25.0 Å². The number of carbonyl (C=O) groups is 1. The summed E-state index contributed by atoms with van der Waals surface area (Å²) >= 11 is 0. The maximum absolute atomic E-state index is 12.9. The van der Waals surface area contributed by atoms with Gasteiger partial charge in [-0.05, 0) is 33.9 Å². The van der Waals surface area contributed by atoms with Gasteiger partial charge in [-0.3, -0.25) is 13.8 Å². The van der Waals surface area contributed by atoms with Crippen molar-refractivity contribution in [3.05, 3.63) is 71.8 Å². The van der Waals surface area contributed by atoms with Crippen LogP contribution in [0, 0.1) is 5.92 Å². The lowest BCUT2D eigenvalue weighted by Crippen LogP contribution is -2.27. The average Bonchev–Trinajstić information content (AvgIpc) is 2.71. The van der Waals surface area contributed by atoms with Crippen LogP contribution in [0.15, 0.2) is 60.7 Å². The first-order valence-electron chi connectivity index (χ1n) is 9.07. The summed E-state index contributed by atoms with van der Waals surface area (Å²) in [6, 6.07) is 18.3. The number of hydrogen-bond donors (Lipinski definition) is 0. The van der Waals surface area contributed by atoms with E-state index in [9.17, 15) is 13.9 Å². The molecule has 0 N–H and O–H groups in total. The molecule has 0 saturated heterocycles. The van der Waals surface area contributed by atoms with Crippen LogP contribution < -0.4 is 0 Å². The normalized spacial score (nSPS) is 15.8. The Morgan fingerprint density at radius 1 is 0.966 bits per heavy atom. The largest absolute Gasteiger partial charge is 0.518 e. The van der Waals surface area contributed by atoms with E-state index in [0.717, 1.165) is 11.1 Å². The van der Waals surface area contributed by atoms with E-state index in [-0.39, 0.29) is 13.2 Å². The Labute approximate surface area is 171 Å². The summed E-state index contributed by atoms with van der Waals surface area (Å²) in [5.74, 6) is -1.26. The number of hydrogen-bond acceptors (Lipinski definition) is 7. The van der Waals surface area contributed by atoms with Gasteiger partial charge in [0, 0.05) is 0 Å². The highest BCUT2D eigenvalue weighted by Crippen LogP contribution is 2.57. The molecule has 0 aromatic heterocycles. The number of rotatable bonds is 11. The van der Waals surface area contributed by atoms with Gasteiger partial charge in [-0.25, -0.2) is 4.57 Å². The molecule has 2 aromatic rings. The number of phosphoric acid groups is 1. The number of carbonyl (C=O) groups excluding carboxylic acids is 1. The molecule has 2 aromatic carbocycles. The number of phosphoric ester groups is 1. The third kappa shape index (κ3) is 8.17. The highest BCUT2D eigenvalue weighted by Gasteiger charge is 2.40. The summed E-state index contributed by atoms with van der Waals surface area (Å²) in [6.07, 6.45) is -0.852. The van der Waals surface area contributed by atoms with Gasteiger partial charge in [-0.15, -0.1) is 0 Å². The lowest BCUT2D eigenvalue weighted by atomic mass is 10.1. The third-order valence-electron chi connectivity index (χ3n) is 4.04. The molecule has 0 amide bonds. The molecule has 0 spiro atoms. The summed E-state index contributed by atoms with van der Waals surface area (Å²) in [6.45, 7) is 4.46. The summed E-state index contributed by atoms with van der Waals surface area (Å²) in [7, 11) is -6.41. The van der Waals surface area contributed by atoms with Gasteiger partial charge in [0.2, 0.25) is 0 Å². The first kappa shape index (κ1) is 23.4. The third-order valence-corrected chi connectivity index (χ3v) is 6.80. The maximum Gasteiger partial charge on any atom is 0.518 e. The summed E-state index contributed by atoms with van der Waals surface area (Å²) in [5.41, 5.74) is 1.60. The lowest BCUT2D eigenvalue weighted by molar-refractivity contribution is -0.152. The van der Waals surface area contributed by atoms with Crippen molar-refractivity contribution in [1.29, 1.82) is 0 Å². The fourth-order valence-corrected chi connectivity index (χ4v) is 4.72. The molecule has 0 aliphatic heterocycles. The van der Waals surface area contributed by atoms with E-state index in [2.05, 4.69) is 0 Å². The molecule has 29 heavy (non-hydrogen) atoms. The molecule has 156 valence electrons. The molecule has 9 heteroatoms. The van der Waals surface area contributed by atoms with E-state index in [1.807, 2.05) is 36.4 Å². The monoisotopic (exact) mass is 439 g/mol. The highest BCUT2D eigenvalue weighted by atomic mass is 31.2. The van der Waals surface area contributed by atoms with Gasteiger partial charge >= 0.3 is 21.8 Å². The van der Waals surface area contributed by atoms with Crippen LogP contribution in [0.25, 0.3) is 0 Å². The number of benzene rings is 2. The predicted octanol–water partition coefficient (Wildman–Crippen LogP) is 5.48. The molecule has 2 unspecified atom stereocenters. The molecule has 0 aliphatic rings. The van der Waals surface area contributed by atoms with Crippen LogP contribution in [0.5, 0.6) is 0 Å². The Hall–Kier alpha value is -1.88. The van der Waals surface area contributed by atoms with Gasteiger partial charge in [-0.1, -0.05) is 60.7 Å². The number of esters is 1. The molecule has 2 rings (SSSR count). The van der Waals surface area contributed by atoms with Gasteiger partial charge < -0.3 is 4.74 Å². The van der Waals surface area contributed by atoms with E-state index in [0.29, 0.717) is 0 Å². The van der Waals surface area contributed by atoms with Crippen molar-refractivity contribution in [2.75, 3.05) is 6.66 Å². The van der Waals surface area contributed by atoms with E-state index in [4.69, 9.17) is 18.1 Å². The second-order valence-corrected chi connectivity index (χ2v) is 9.32. The van der Waals surface area contributed by atoms with Crippen molar-refractivity contribution < 1.29 is 32.0 Å². The van der Waals surface area contributed by atoms with Crippen LogP contribution in [0.4, 0.5) is 0 Å². The smallest absolute Gasteiger partial charge is 0.461 e. The number of ether oxygens (including phenoxy) is 1. The van der Waals surface area contributed by atoms with E-state index in [1.165, 1.54) is 6.66 Å².